The Hall–Kier alpha value is -1.89. The molecule has 0 radical (unpaired) electrons. The summed E-state index contributed by atoms with van der Waals surface area (Å²) in [4.78, 5) is 27.4. The number of amides is 2. The molecule has 1 N–H and O–H groups in total. The van der Waals surface area contributed by atoms with Crippen LogP contribution >= 0.6 is 0 Å². The number of likely N-dealkylation sites (N-methyl/N-ethyl adjacent to an activating group) is 1. The van der Waals surface area contributed by atoms with Crippen LogP contribution in [0.25, 0.3) is 0 Å². The molecule has 0 saturated carbocycles. The molecule has 0 spiro atoms. The molecular formula is C16H26N6O. The standard InChI is InChI=1S/C16H26N6O/c1-3-20-7-9-21(10-8-20)15-11-14(17-12-18-15)19-16(23)22-6-4-5-13(22)2/h11-13H,3-10H2,1-2H3,(H,17,18,19,23). The molecule has 0 aliphatic carbocycles. The van der Waals surface area contributed by atoms with E-state index in [2.05, 4.69) is 38.9 Å². The zero-order valence-corrected chi connectivity index (χ0v) is 14.0. The van der Waals surface area contributed by atoms with Crippen molar-refractivity contribution in [3.8, 4) is 0 Å². The third-order valence-electron chi connectivity index (χ3n) is 4.84. The van der Waals surface area contributed by atoms with Crippen molar-refractivity contribution in [2.45, 2.75) is 32.7 Å². The summed E-state index contributed by atoms with van der Waals surface area (Å²) in [6.07, 6.45) is 3.68. The molecule has 2 fully saturated rings. The summed E-state index contributed by atoms with van der Waals surface area (Å²) < 4.78 is 0. The number of rotatable bonds is 3. The van der Waals surface area contributed by atoms with Gasteiger partial charge in [0, 0.05) is 44.8 Å². The van der Waals surface area contributed by atoms with Crippen molar-refractivity contribution >= 4 is 17.7 Å². The monoisotopic (exact) mass is 318 g/mol. The second-order valence-electron chi connectivity index (χ2n) is 6.30. The number of carbonyl (C=O) groups is 1. The van der Waals surface area contributed by atoms with Gasteiger partial charge < -0.3 is 14.7 Å². The molecule has 3 rings (SSSR count). The van der Waals surface area contributed by atoms with Crippen LogP contribution < -0.4 is 10.2 Å². The first kappa shape index (κ1) is 16.0. The molecule has 3 heterocycles. The summed E-state index contributed by atoms with van der Waals surface area (Å²) in [6.45, 7) is 10.2. The van der Waals surface area contributed by atoms with E-state index in [1.165, 1.54) is 6.33 Å². The van der Waals surface area contributed by atoms with Crippen LogP contribution in [0.15, 0.2) is 12.4 Å². The Balaban J connectivity index is 1.62. The smallest absolute Gasteiger partial charge is 0.323 e. The van der Waals surface area contributed by atoms with Crippen LogP contribution in [-0.2, 0) is 0 Å². The molecule has 1 aromatic rings. The molecule has 1 unspecified atom stereocenters. The average molecular weight is 318 g/mol. The summed E-state index contributed by atoms with van der Waals surface area (Å²) in [5, 5.41) is 2.91. The van der Waals surface area contributed by atoms with Gasteiger partial charge in [-0.25, -0.2) is 14.8 Å². The average Bonchev–Trinajstić information content (AvgIpc) is 3.01. The molecule has 0 aromatic carbocycles. The Morgan fingerprint density at radius 1 is 1.26 bits per heavy atom. The van der Waals surface area contributed by atoms with Gasteiger partial charge in [0.2, 0.25) is 0 Å². The van der Waals surface area contributed by atoms with E-state index in [4.69, 9.17) is 0 Å². The Morgan fingerprint density at radius 3 is 2.70 bits per heavy atom. The van der Waals surface area contributed by atoms with E-state index in [1.54, 1.807) is 0 Å². The highest BCUT2D eigenvalue weighted by Crippen LogP contribution is 2.19. The van der Waals surface area contributed by atoms with Crippen molar-refractivity contribution in [1.82, 2.24) is 19.8 Å². The number of hydrogen-bond donors (Lipinski definition) is 1. The van der Waals surface area contributed by atoms with Crippen LogP contribution in [0, 0.1) is 0 Å². The molecule has 23 heavy (non-hydrogen) atoms. The fourth-order valence-electron chi connectivity index (χ4n) is 3.30. The number of aromatic nitrogens is 2. The van der Waals surface area contributed by atoms with E-state index < -0.39 is 0 Å². The first-order valence-corrected chi connectivity index (χ1v) is 8.54. The van der Waals surface area contributed by atoms with Crippen LogP contribution in [0.1, 0.15) is 26.7 Å². The number of nitrogens with zero attached hydrogens (tertiary/aromatic N) is 5. The first-order valence-electron chi connectivity index (χ1n) is 8.54. The lowest BCUT2D eigenvalue weighted by Gasteiger charge is -2.34. The van der Waals surface area contributed by atoms with Gasteiger partial charge in [0.05, 0.1) is 0 Å². The normalized spacial score (nSPS) is 22.4. The maximum Gasteiger partial charge on any atom is 0.323 e. The predicted molar refractivity (Wildman–Crippen MR) is 90.8 cm³/mol. The fourth-order valence-corrected chi connectivity index (χ4v) is 3.30. The highest BCUT2D eigenvalue weighted by Gasteiger charge is 2.25. The molecule has 7 heteroatoms. The van der Waals surface area contributed by atoms with Crippen LogP contribution in [0.2, 0.25) is 0 Å². The van der Waals surface area contributed by atoms with Gasteiger partial charge in [0.25, 0.3) is 0 Å². The largest absolute Gasteiger partial charge is 0.354 e. The lowest BCUT2D eigenvalue weighted by Crippen LogP contribution is -2.46. The van der Waals surface area contributed by atoms with Crippen LogP contribution in [0.5, 0.6) is 0 Å². The summed E-state index contributed by atoms with van der Waals surface area (Å²) in [6, 6.07) is 2.12. The maximum atomic E-state index is 12.3. The van der Waals surface area contributed by atoms with Crippen LogP contribution in [-0.4, -0.2) is 71.1 Å². The van der Waals surface area contributed by atoms with Gasteiger partial charge in [-0.05, 0) is 26.3 Å². The topological polar surface area (TPSA) is 64.6 Å². The lowest BCUT2D eigenvalue weighted by molar-refractivity contribution is 0.210. The molecule has 1 aromatic heterocycles. The van der Waals surface area contributed by atoms with E-state index in [1.807, 2.05) is 11.0 Å². The van der Waals surface area contributed by atoms with Crippen molar-refractivity contribution in [3.05, 3.63) is 12.4 Å². The molecule has 2 amide bonds. The molecule has 2 saturated heterocycles. The molecule has 2 aliphatic rings. The number of carbonyl (C=O) groups excluding carboxylic acids is 1. The minimum Gasteiger partial charge on any atom is -0.354 e. The third-order valence-corrected chi connectivity index (χ3v) is 4.84. The predicted octanol–water partition coefficient (Wildman–Crippen LogP) is 1.63. The Kier molecular flexibility index (Phi) is 4.95. The zero-order valence-electron chi connectivity index (χ0n) is 14.0. The molecule has 2 aliphatic heterocycles. The maximum absolute atomic E-state index is 12.3. The number of nitrogens with one attached hydrogen (secondary N) is 1. The van der Waals surface area contributed by atoms with Gasteiger partial charge in [0.15, 0.2) is 0 Å². The first-order chi connectivity index (χ1) is 11.2. The fraction of sp³-hybridized carbons (Fsp3) is 0.688. The quantitative estimate of drug-likeness (QED) is 0.918. The summed E-state index contributed by atoms with van der Waals surface area (Å²) >= 11 is 0. The van der Waals surface area contributed by atoms with Crippen LogP contribution in [0.3, 0.4) is 0 Å². The summed E-state index contributed by atoms with van der Waals surface area (Å²) in [5.74, 6) is 1.47. The van der Waals surface area contributed by atoms with E-state index in [0.29, 0.717) is 11.9 Å². The summed E-state index contributed by atoms with van der Waals surface area (Å²) in [5.41, 5.74) is 0. The second-order valence-corrected chi connectivity index (χ2v) is 6.30. The third kappa shape index (κ3) is 3.72. The zero-order chi connectivity index (χ0) is 16.2. The molecular weight excluding hydrogens is 292 g/mol. The minimum absolute atomic E-state index is 0.0598. The number of hydrogen-bond acceptors (Lipinski definition) is 5. The molecule has 1 atom stereocenters. The van der Waals surface area contributed by atoms with E-state index in [-0.39, 0.29) is 6.03 Å². The number of anilines is 2. The van der Waals surface area contributed by atoms with Gasteiger partial charge in [0.1, 0.15) is 18.0 Å². The van der Waals surface area contributed by atoms with Crippen molar-refractivity contribution in [2.75, 3.05) is 49.5 Å². The highest BCUT2D eigenvalue weighted by atomic mass is 16.2. The Morgan fingerprint density at radius 2 is 2.04 bits per heavy atom. The van der Waals surface area contributed by atoms with E-state index >= 15 is 0 Å². The van der Waals surface area contributed by atoms with E-state index in [0.717, 1.165) is 57.9 Å². The Labute approximate surface area is 137 Å². The SMILES string of the molecule is CCN1CCN(c2cc(NC(=O)N3CCCC3C)ncn2)CC1. The van der Waals surface area contributed by atoms with Crippen LogP contribution in [0.4, 0.5) is 16.4 Å². The van der Waals surface area contributed by atoms with E-state index in [9.17, 15) is 4.79 Å². The number of piperazine rings is 1. The van der Waals surface area contributed by atoms with Crippen molar-refractivity contribution in [3.63, 3.8) is 0 Å². The lowest BCUT2D eigenvalue weighted by atomic mass is 10.2. The molecule has 7 nitrogen and oxygen atoms in total. The van der Waals surface area contributed by atoms with Gasteiger partial charge >= 0.3 is 6.03 Å². The number of urea groups is 1. The second kappa shape index (κ2) is 7.12. The van der Waals surface area contributed by atoms with Gasteiger partial charge in [-0.2, -0.15) is 0 Å². The minimum atomic E-state index is -0.0598. The molecule has 126 valence electrons. The number of likely N-dealkylation sites (tertiary alicyclic amines) is 1. The highest BCUT2D eigenvalue weighted by molar-refractivity contribution is 5.89. The van der Waals surface area contributed by atoms with Gasteiger partial charge in [-0.15, -0.1) is 0 Å². The van der Waals surface area contributed by atoms with Crippen molar-refractivity contribution in [2.24, 2.45) is 0 Å². The molecule has 0 bridgehead atoms. The summed E-state index contributed by atoms with van der Waals surface area (Å²) in [7, 11) is 0. The Bertz CT molecular complexity index is 543. The van der Waals surface area contributed by atoms with Crippen molar-refractivity contribution in [1.29, 1.82) is 0 Å². The van der Waals surface area contributed by atoms with Gasteiger partial charge in [-0.1, -0.05) is 6.92 Å². The van der Waals surface area contributed by atoms with Gasteiger partial charge in [-0.3, -0.25) is 5.32 Å². The van der Waals surface area contributed by atoms with Crippen molar-refractivity contribution < 1.29 is 4.79 Å².